The van der Waals surface area contributed by atoms with Crippen molar-refractivity contribution in [1.29, 1.82) is 0 Å². The van der Waals surface area contributed by atoms with Crippen LogP contribution in [-0.4, -0.2) is 37.0 Å². The van der Waals surface area contributed by atoms with Gasteiger partial charge in [-0.3, -0.25) is 9.69 Å². The molecular weight excluding hydrogens is 363 g/mol. The smallest absolute Gasteiger partial charge is 0.331 e. The Kier molecular flexibility index (Phi) is 5.31. The van der Waals surface area contributed by atoms with Crippen LogP contribution in [0, 0.1) is 6.92 Å². The molecule has 1 N–H and O–H groups in total. The van der Waals surface area contributed by atoms with Gasteiger partial charge in [-0.2, -0.15) is 13.2 Å². The number of amides is 1. The summed E-state index contributed by atoms with van der Waals surface area (Å²) in [7, 11) is 0. The van der Waals surface area contributed by atoms with Gasteiger partial charge in [-0.25, -0.2) is 4.98 Å². The SMILES string of the molecule is Cc1ccc(/C=C/C(=O)N2CCN(c3ccc(C(F)(F)F)c[nH+]3)CC2)s1. The second kappa shape index (κ2) is 7.49. The fourth-order valence-electron chi connectivity index (χ4n) is 2.76. The Bertz CT molecular complexity index is 791. The van der Waals surface area contributed by atoms with Gasteiger partial charge in [0.05, 0.1) is 18.7 Å². The molecule has 0 saturated carbocycles. The number of hydrogen-bond acceptors (Lipinski definition) is 3. The minimum absolute atomic E-state index is 0.0490. The standard InChI is InChI=1S/C18H18F3N3OS/c1-13-2-4-15(26-13)5-7-17(25)24-10-8-23(9-11-24)16-6-3-14(12-22-16)18(19,20)21/h2-7,12H,8-11H2,1H3/p+1/b7-5+. The van der Waals surface area contributed by atoms with E-state index in [1.807, 2.05) is 30.0 Å². The molecule has 0 bridgehead atoms. The van der Waals surface area contributed by atoms with Crippen LogP contribution in [-0.2, 0) is 11.0 Å². The molecule has 138 valence electrons. The molecule has 0 aromatic carbocycles. The molecule has 8 heteroatoms. The molecule has 1 amide bonds. The van der Waals surface area contributed by atoms with Crippen molar-refractivity contribution in [2.75, 3.05) is 31.1 Å². The van der Waals surface area contributed by atoms with Gasteiger partial charge in [0.2, 0.25) is 5.91 Å². The number of aromatic amines is 1. The van der Waals surface area contributed by atoms with Crippen LogP contribution in [0.25, 0.3) is 6.08 Å². The van der Waals surface area contributed by atoms with E-state index in [0.29, 0.717) is 32.0 Å². The topological polar surface area (TPSA) is 37.7 Å². The molecule has 2 aromatic rings. The van der Waals surface area contributed by atoms with Crippen LogP contribution in [0.15, 0.2) is 36.5 Å². The molecule has 1 aliphatic rings. The van der Waals surface area contributed by atoms with E-state index in [1.165, 1.54) is 10.9 Å². The summed E-state index contributed by atoms with van der Waals surface area (Å²) in [6.45, 7) is 4.21. The average Bonchev–Trinajstić information content (AvgIpc) is 3.04. The second-order valence-corrected chi connectivity index (χ2v) is 7.37. The molecule has 4 nitrogen and oxygen atoms in total. The fraction of sp³-hybridized carbons (Fsp3) is 0.333. The first-order valence-corrected chi connectivity index (χ1v) is 9.02. The number of rotatable bonds is 3. The quantitative estimate of drug-likeness (QED) is 0.765. The zero-order valence-electron chi connectivity index (χ0n) is 14.2. The maximum absolute atomic E-state index is 12.6. The van der Waals surface area contributed by atoms with Crippen LogP contribution in [0.4, 0.5) is 19.0 Å². The predicted octanol–water partition coefficient (Wildman–Crippen LogP) is 3.25. The van der Waals surface area contributed by atoms with Crippen LogP contribution >= 0.6 is 11.3 Å². The van der Waals surface area contributed by atoms with Crippen molar-refractivity contribution in [2.24, 2.45) is 0 Å². The zero-order valence-corrected chi connectivity index (χ0v) is 15.0. The summed E-state index contributed by atoms with van der Waals surface area (Å²) < 4.78 is 37.8. The number of piperazine rings is 1. The molecular formula is C18H19F3N3OS+. The van der Waals surface area contributed by atoms with Crippen molar-refractivity contribution >= 4 is 29.1 Å². The highest BCUT2D eigenvalue weighted by Gasteiger charge is 2.32. The van der Waals surface area contributed by atoms with Crippen molar-refractivity contribution in [3.05, 3.63) is 51.9 Å². The summed E-state index contributed by atoms with van der Waals surface area (Å²) in [6.07, 6.45) is 0.00734. The van der Waals surface area contributed by atoms with Crippen LogP contribution < -0.4 is 9.88 Å². The summed E-state index contributed by atoms with van der Waals surface area (Å²) in [6, 6.07) is 6.48. The lowest BCUT2D eigenvalue weighted by Crippen LogP contribution is -2.49. The average molecular weight is 382 g/mol. The molecule has 26 heavy (non-hydrogen) atoms. The maximum atomic E-state index is 12.6. The number of alkyl halides is 3. The monoisotopic (exact) mass is 382 g/mol. The van der Waals surface area contributed by atoms with Crippen LogP contribution in [0.2, 0.25) is 0 Å². The van der Waals surface area contributed by atoms with E-state index in [1.54, 1.807) is 22.3 Å². The van der Waals surface area contributed by atoms with Crippen LogP contribution in [0.1, 0.15) is 15.3 Å². The number of H-pyrrole nitrogens is 1. The van der Waals surface area contributed by atoms with Crippen molar-refractivity contribution in [1.82, 2.24) is 4.90 Å². The Morgan fingerprint density at radius 1 is 1.15 bits per heavy atom. The van der Waals surface area contributed by atoms with E-state index in [4.69, 9.17) is 0 Å². The predicted molar refractivity (Wildman–Crippen MR) is 94.9 cm³/mol. The molecule has 0 spiro atoms. The number of aryl methyl sites for hydroxylation is 1. The zero-order chi connectivity index (χ0) is 18.7. The minimum Gasteiger partial charge on any atom is -0.331 e. The van der Waals surface area contributed by atoms with E-state index in [9.17, 15) is 18.0 Å². The van der Waals surface area contributed by atoms with E-state index in [0.717, 1.165) is 17.1 Å². The molecule has 1 fully saturated rings. The molecule has 3 heterocycles. The van der Waals surface area contributed by atoms with Gasteiger partial charge in [0.25, 0.3) is 5.82 Å². The first-order valence-electron chi connectivity index (χ1n) is 8.20. The van der Waals surface area contributed by atoms with Crippen molar-refractivity contribution in [3.8, 4) is 0 Å². The lowest BCUT2D eigenvalue weighted by molar-refractivity contribution is -0.367. The molecule has 1 aliphatic heterocycles. The molecule has 1 saturated heterocycles. The summed E-state index contributed by atoms with van der Waals surface area (Å²) in [5, 5.41) is 0. The maximum Gasteiger partial charge on any atom is 0.419 e. The Morgan fingerprint density at radius 2 is 1.88 bits per heavy atom. The number of carbonyl (C=O) groups excluding carboxylic acids is 1. The highest BCUT2D eigenvalue weighted by Crippen LogP contribution is 2.28. The summed E-state index contributed by atoms with van der Waals surface area (Å²) >= 11 is 1.63. The number of hydrogen-bond donors (Lipinski definition) is 0. The van der Waals surface area contributed by atoms with E-state index < -0.39 is 11.7 Å². The number of carbonyl (C=O) groups is 1. The minimum atomic E-state index is -4.35. The molecule has 3 rings (SSSR count). The van der Waals surface area contributed by atoms with Crippen molar-refractivity contribution in [2.45, 2.75) is 13.1 Å². The van der Waals surface area contributed by atoms with E-state index in [-0.39, 0.29) is 5.91 Å². The van der Waals surface area contributed by atoms with Gasteiger partial charge in [0.1, 0.15) is 19.3 Å². The number of nitrogens with zero attached hydrogens (tertiary/aromatic N) is 2. The normalized spacial score (nSPS) is 15.7. The van der Waals surface area contributed by atoms with Gasteiger partial charge < -0.3 is 4.90 Å². The Labute approximate surface area is 153 Å². The van der Waals surface area contributed by atoms with Crippen LogP contribution in [0.3, 0.4) is 0 Å². The molecule has 0 radical (unpaired) electrons. The highest BCUT2D eigenvalue weighted by molar-refractivity contribution is 7.12. The fourth-order valence-corrected chi connectivity index (χ4v) is 3.54. The number of aromatic nitrogens is 1. The molecule has 0 unspecified atom stereocenters. The van der Waals surface area contributed by atoms with Crippen molar-refractivity contribution in [3.63, 3.8) is 0 Å². The van der Waals surface area contributed by atoms with E-state index in [2.05, 4.69) is 4.98 Å². The molecule has 2 aromatic heterocycles. The second-order valence-electron chi connectivity index (χ2n) is 6.05. The van der Waals surface area contributed by atoms with Gasteiger partial charge in [0.15, 0.2) is 0 Å². The number of halogens is 3. The number of nitrogens with one attached hydrogen (secondary N) is 1. The lowest BCUT2D eigenvalue weighted by Gasteiger charge is -2.30. The number of pyridine rings is 1. The lowest BCUT2D eigenvalue weighted by atomic mass is 10.2. The number of thiophene rings is 1. The van der Waals surface area contributed by atoms with Gasteiger partial charge in [-0.15, -0.1) is 11.3 Å². The number of anilines is 1. The Hall–Kier alpha value is -2.35. The largest absolute Gasteiger partial charge is 0.419 e. The third kappa shape index (κ3) is 4.43. The third-order valence-corrected chi connectivity index (χ3v) is 5.17. The van der Waals surface area contributed by atoms with Crippen LogP contribution in [0.5, 0.6) is 0 Å². The summed E-state index contributed by atoms with van der Waals surface area (Å²) in [4.78, 5) is 20.9. The first kappa shape index (κ1) is 18.4. The van der Waals surface area contributed by atoms with E-state index >= 15 is 0 Å². The molecule has 0 atom stereocenters. The molecule has 0 aliphatic carbocycles. The van der Waals surface area contributed by atoms with Gasteiger partial charge >= 0.3 is 6.18 Å². The van der Waals surface area contributed by atoms with Gasteiger partial charge in [-0.05, 0) is 31.2 Å². The first-order chi connectivity index (χ1) is 12.3. The highest BCUT2D eigenvalue weighted by atomic mass is 32.1. The summed E-state index contributed by atoms with van der Waals surface area (Å²) in [5.41, 5.74) is -0.705. The Morgan fingerprint density at radius 3 is 2.42 bits per heavy atom. The van der Waals surface area contributed by atoms with Gasteiger partial charge in [0, 0.05) is 21.9 Å². The Balaban J connectivity index is 1.55. The van der Waals surface area contributed by atoms with Crippen molar-refractivity contribution < 1.29 is 22.9 Å². The third-order valence-electron chi connectivity index (χ3n) is 4.21. The van der Waals surface area contributed by atoms with Gasteiger partial charge in [-0.1, -0.05) is 0 Å². The summed E-state index contributed by atoms with van der Waals surface area (Å²) in [5.74, 6) is 0.571.